The number of benzene rings is 6. The maximum atomic E-state index is 13.6. The second-order valence-corrected chi connectivity index (χ2v) is 14.3. The molecule has 0 aliphatic carbocycles. The van der Waals surface area contributed by atoms with E-state index in [9.17, 15) is 19.2 Å². The van der Waals surface area contributed by atoms with Crippen molar-refractivity contribution in [2.75, 3.05) is 39.6 Å². The lowest BCUT2D eigenvalue weighted by molar-refractivity contribution is -0.151. The summed E-state index contributed by atoms with van der Waals surface area (Å²) in [5.74, 6) is -2.49. The van der Waals surface area contributed by atoms with E-state index in [1.54, 1.807) is 0 Å². The van der Waals surface area contributed by atoms with Gasteiger partial charge in [0.15, 0.2) is 12.2 Å². The molecule has 10 nitrogen and oxygen atoms in total. The smallest absolute Gasteiger partial charge is 0.339 e. The second-order valence-electron chi connectivity index (χ2n) is 14.3. The van der Waals surface area contributed by atoms with Crippen LogP contribution < -0.4 is 0 Å². The highest BCUT2D eigenvalue weighted by molar-refractivity contribution is 6.17. The quantitative estimate of drug-likeness (QED) is 0.0364. The summed E-state index contributed by atoms with van der Waals surface area (Å²) in [6.45, 7) is 10.4. The fraction of sp³-hybridized carbons (Fsp3) is 0.234. The van der Waals surface area contributed by atoms with Gasteiger partial charge in [-0.15, -0.1) is 0 Å². The zero-order valence-electron chi connectivity index (χ0n) is 31.9. The van der Waals surface area contributed by atoms with Crippen molar-refractivity contribution >= 4 is 67.0 Å². The molecule has 0 saturated carbocycles. The Morgan fingerprint density at radius 3 is 1.16 bits per heavy atom. The van der Waals surface area contributed by atoms with Crippen LogP contribution >= 0.6 is 0 Å². The van der Waals surface area contributed by atoms with Crippen LogP contribution in [0.1, 0.15) is 34.6 Å². The van der Waals surface area contributed by atoms with E-state index in [1.165, 1.54) is 0 Å². The van der Waals surface area contributed by atoms with E-state index in [-0.39, 0.29) is 39.6 Å². The molecule has 6 rings (SSSR count). The molecule has 0 aliphatic heterocycles. The second kappa shape index (κ2) is 18.5. The van der Waals surface area contributed by atoms with Crippen molar-refractivity contribution in [3.63, 3.8) is 0 Å². The molecule has 10 heteroatoms. The Bertz CT molecular complexity index is 2170. The lowest BCUT2D eigenvalue weighted by Crippen LogP contribution is -2.34. The Morgan fingerprint density at radius 2 is 0.842 bits per heavy atom. The van der Waals surface area contributed by atoms with Crippen LogP contribution in [0.25, 0.3) is 43.1 Å². The Kier molecular flexibility index (Phi) is 13.1. The third-order valence-corrected chi connectivity index (χ3v) is 9.24. The van der Waals surface area contributed by atoms with Gasteiger partial charge in [0.2, 0.25) is 0 Å². The average molecular weight is 769 g/mol. The monoisotopic (exact) mass is 768 g/mol. The highest BCUT2D eigenvalue weighted by Gasteiger charge is 2.26. The first-order valence-corrected chi connectivity index (χ1v) is 18.5. The van der Waals surface area contributed by atoms with Crippen LogP contribution in [0.15, 0.2) is 135 Å². The van der Waals surface area contributed by atoms with Gasteiger partial charge in [0.05, 0.1) is 37.6 Å². The van der Waals surface area contributed by atoms with Gasteiger partial charge in [-0.25, -0.2) is 19.2 Å². The number of hydrogen-bond acceptors (Lipinski definition) is 10. The van der Waals surface area contributed by atoms with E-state index >= 15 is 0 Å². The molecule has 57 heavy (non-hydrogen) atoms. The first kappa shape index (κ1) is 40.3. The van der Waals surface area contributed by atoms with Gasteiger partial charge in [-0.1, -0.05) is 124 Å². The highest BCUT2D eigenvalue weighted by Crippen LogP contribution is 2.31. The summed E-state index contributed by atoms with van der Waals surface area (Å²) in [6.07, 6.45) is 0.214. The molecular formula is C47H44O10. The number of carbonyl (C=O) groups is 4. The number of fused-ring (bicyclic) bond motifs is 4. The number of ether oxygens (including phenoxy) is 6. The molecule has 0 bridgehead atoms. The maximum absolute atomic E-state index is 13.6. The van der Waals surface area contributed by atoms with Gasteiger partial charge in [0, 0.05) is 17.6 Å². The van der Waals surface area contributed by atoms with Gasteiger partial charge in [-0.2, -0.15) is 0 Å². The molecule has 6 aromatic carbocycles. The first-order valence-electron chi connectivity index (χ1n) is 18.5. The normalized spacial score (nSPS) is 12.5. The third-order valence-electron chi connectivity index (χ3n) is 9.24. The molecule has 0 saturated heterocycles. The number of carbonyl (C=O) groups excluding carboxylic acids is 4. The van der Waals surface area contributed by atoms with E-state index in [0.717, 1.165) is 55.2 Å². The van der Waals surface area contributed by atoms with Crippen LogP contribution in [0, 0.1) is 5.41 Å². The zero-order chi connectivity index (χ0) is 40.4. The summed E-state index contributed by atoms with van der Waals surface area (Å²) < 4.78 is 34.4. The lowest BCUT2D eigenvalue weighted by Gasteiger charge is -2.27. The SMILES string of the molecule is C=CC(=O)OC(COCC(C)(C)COCC(COC(=O)c1c2ccccc2cc2ccccc12)OC(=O)C=C)COC(=O)c1c2ccccc2cc2ccccc12. The maximum Gasteiger partial charge on any atom is 0.339 e. The summed E-state index contributed by atoms with van der Waals surface area (Å²) in [5, 5.41) is 6.57. The first-order chi connectivity index (χ1) is 27.6. The average Bonchev–Trinajstić information content (AvgIpc) is 3.22. The van der Waals surface area contributed by atoms with Gasteiger partial charge in [-0.3, -0.25) is 0 Å². The van der Waals surface area contributed by atoms with Crippen molar-refractivity contribution in [3.8, 4) is 0 Å². The lowest BCUT2D eigenvalue weighted by atomic mass is 9.96. The number of hydrogen-bond donors (Lipinski definition) is 0. The molecule has 0 amide bonds. The van der Waals surface area contributed by atoms with Gasteiger partial charge in [0.25, 0.3) is 0 Å². The summed E-state index contributed by atoms with van der Waals surface area (Å²) >= 11 is 0. The molecular weight excluding hydrogens is 725 g/mol. The Morgan fingerprint density at radius 1 is 0.526 bits per heavy atom. The molecule has 0 aliphatic rings. The molecule has 0 N–H and O–H groups in total. The summed E-state index contributed by atoms with van der Waals surface area (Å²) in [4.78, 5) is 51.6. The Labute approximate surface area is 330 Å². The predicted molar refractivity (Wildman–Crippen MR) is 219 cm³/mol. The van der Waals surface area contributed by atoms with Gasteiger partial charge in [-0.05, 0) is 55.2 Å². The molecule has 2 atom stereocenters. The van der Waals surface area contributed by atoms with Gasteiger partial charge < -0.3 is 28.4 Å². The fourth-order valence-electron chi connectivity index (χ4n) is 6.58. The molecule has 0 radical (unpaired) electrons. The number of esters is 4. The largest absolute Gasteiger partial charge is 0.458 e. The van der Waals surface area contributed by atoms with Crippen molar-refractivity contribution in [2.24, 2.45) is 5.41 Å². The minimum absolute atomic E-state index is 0.0784. The van der Waals surface area contributed by atoms with E-state index in [2.05, 4.69) is 13.2 Å². The van der Waals surface area contributed by atoms with Crippen LogP contribution in [-0.2, 0) is 38.0 Å². The topological polar surface area (TPSA) is 124 Å². The summed E-state index contributed by atoms with van der Waals surface area (Å²) in [5.41, 5.74) is 0.271. The minimum Gasteiger partial charge on any atom is -0.458 e. The summed E-state index contributed by atoms with van der Waals surface area (Å²) in [7, 11) is 0. The predicted octanol–water partition coefficient (Wildman–Crippen LogP) is 8.57. The van der Waals surface area contributed by atoms with Crippen LogP contribution in [0.4, 0.5) is 0 Å². The standard InChI is InChI=1S/C47H44O10/c1-5-41(48)56-35(27-54-45(50)43-37-19-11-7-15-31(37)23-32-16-8-12-20-38(32)43)25-52-29-47(3,4)30-53-26-36(57-42(49)6-2)28-55-46(51)44-39-21-13-9-17-33(39)24-34-18-10-14-22-40(34)44/h5-24,35-36H,1-2,25-30H2,3-4H3. The van der Waals surface area contributed by atoms with E-state index in [4.69, 9.17) is 28.4 Å². The Balaban J connectivity index is 1.04. The van der Waals surface area contributed by atoms with Crippen LogP contribution in [0.2, 0.25) is 0 Å². The third kappa shape index (κ3) is 10.1. The van der Waals surface area contributed by atoms with E-state index < -0.39 is 41.5 Å². The van der Waals surface area contributed by atoms with Crippen molar-refractivity contribution in [1.29, 1.82) is 0 Å². The molecule has 6 aromatic rings. The minimum atomic E-state index is -0.923. The Hall–Kier alpha value is -6.36. The van der Waals surface area contributed by atoms with E-state index in [1.807, 2.05) is 123 Å². The zero-order valence-corrected chi connectivity index (χ0v) is 31.9. The van der Waals surface area contributed by atoms with Crippen molar-refractivity contribution in [2.45, 2.75) is 26.1 Å². The van der Waals surface area contributed by atoms with E-state index in [0.29, 0.717) is 11.1 Å². The van der Waals surface area contributed by atoms with Crippen LogP contribution in [0.3, 0.4) is 0 Å². The van der Waals surface area contributed by atoms with Crippen LogP contribution in [0.5, 0.6) is 0 Å². The van der Waals surface area contributed by atoms with Crippen molar-refractivity contribution in [1.82, 2.24) is 0 Å². The van der Waals surface area contributed by atoms with Gasteiger partial charge in [0.1, 0.15) is 13.2 Å². The van der Waals surface area contributed by atoms with Crippen molar-refractivity contribution in [3.05, 3.63) is 146 Å². The van der Waals surface area contributed by atoms with Crippen molar-refractivity contribution < 1.29 is 47.6 Å². The molecule has 2 unspecified atom stereocenters. The molecule has 0 aromatic heterocycles. The highest BCUT2D eigenvalue weighted by atomic mass is 16.6. The molecule has 0 fully saturated rings. The summed E-state index contributed by atoms with van der Waals surface area (Å²) in [6, 6.07) is 34.3. The van der Waals surface area contributed by atoms with Crippen LogP contribution in [-0.4, -0.2) is 75.7 Å². The molecule has 0 spiro atoms. The number of rotatable bonds is 18. The molecule has 292 valence electrons. The molecule has 0 heterocycles. The fourth-order valence-corrected chi connectivity index (χ4v) is 6.58. The van der Waals surface area contributed by atoms with Gasteiger partial charge >= 0.3 is 23.9 Å².